The molecule has 1 aliphatic heterocycles. The second-order valence-electron chi connectivity index (χ2n) is 7.14. The maximum Gasteiger partial charge on any atom is 0.265 e. The van der Waals surface area contributed by atoms with Crippen LogP contribution in [0, 0.1) is 13.8 Å². The zero-order chi connectivity index (χ0) is 22.2. The maximum atomic E-state index is 12.9. The number of pyridine rings is 1. The number of rotatable bonds is 6. The Labute approximate surface area is 179 Å². The smallest absolute Gasteiger partial charge is 0.265 e. The Morgan fingerprint density at radius 2 is 2.03 bits per heavy atom. The fourth-order valence-corrected chi connectivity index (χ4v) is 4.41. The Hall–Kier alpha value is -3.47. The minimum Gasteiger partial charge on any atom is -0.482 e. The van der Waals surface area contributed by atoms with Gasteiger partial charge < -0.3 is 9.26 Å². The first kappa shape index (κ1) is 20.8. The number of carbonyl (C=O) groups is 1. The van der Waals surface area contributed by atoms with Crippen LogP contribution in [0.25, 0.3) is 0 Å². The standard InChI is InChI=1S/C20H21N5O5S/c1-4-19-22-18(23-30-19)10-25-14-7-13(3)16(8-15(14)29-11-20(25)26)31(27,28)24-17-6-5-12(2)9-21-17/h5-9H,4,10-11H2,1-3H3,(H,21,24). The fourth-order valence-electron chi connectivity index (χ4n) is 3.16. The predicted molar refractivity (Wildman–Crippen MR) is 111 cm³/mol. The number of hydrogen-bond donors (Lipinski definition) is 1. The van der Waals surface area contributed by atoms with E-state index in [-0.39, 0.29) is 35.5 Å². The van der Waals surface area contributed by atoms with Gasteiger partial charge in [-0.3, -0.25) is 14.4 Å². The highest BCUT2D eigenvalue weighted by molar-refractivity contribution is 7.92. The summed E-state index contributed by atoms with van der Waals surface area (Å²) in [5.41, 5.74) is 1.81. The van der Waals surface area contributed by atoms with Crippen LogP contribution in [0.15, 0.2) is 39.9 Å². The third kappa shape index (κ3) is 4.22. The van der Waals surface area contributed by atoms with Crippen molar-refractivity contribution in [3.05, 3.63) is 53.3 Å². The van der Waals surface area contributed by atoms with E-state index in [1.165, 1.54) is 11.0 Å². The number of aryl methyl sites for hydroxylation is 3. The topological polar surface area (TPSA) is 128 Å². The quantitative estimate of drug-likeness (QED) is 0.615. The molecule has 0 saturated carbocycles. The van der Waals surface area contributed by atoms with E-state index < -0.39 is 10.0 Å². The minimum absolute atomic E-state index is 0.0377. The van der Waals surface area contributed by atoms with Crippen molar-refractivity contribution in [3.8, 4) is 5.75 Å². The molecule has 2 aromatic heterocycles. The number of amides is 1. The van der Waals surface area contributed by atoms with Crippen molar-refractivity contribution in [1.29, 1.82) is 0 Å². The summed E-state index contributed by atoms with van der Waals surface area (Å²) >= 11 is 0. The van der Waals surface area contributed by atoms with Gasteiger partial charge in [0.2, 0.25) is 5.89 Å². The van der Waals surface area contributed by atoms with Gasteiger partial charge in [0.05, 0.1) is 17.1 Å². The third-order valence-electron chi connectivity index (χ3n) is 4.75. The molecule has 0 bridgehead atoms. The van der Waals surface area contributed by atoms with E-state index in [0.29, 0.717) is 29.4 Å². The first-order chi connectivity index (χ1) is 14.8. The second-order valence-corrected chi connectivity index (χ2v) is 8.79. The van der Waals surface area contributed by atoms with E-state index in [4.69, 9.17) is 9.26 Å². The van der Waals surface area contributed by atoms with Crippen molar-refractivity contribution in [2.75, 3.05) is 16.2 Å². The molecule has 3 heterocycles. The molecule has 4 rings (SSSR count). The van der Waals surface area contributed by atoms with Crippen molar-refractivity contribution < 1.29 is 22.5 Å². The highest BCUT2D eigenvalue weighted by Gasteiger charge is 2.30. The zero-order valence-corrected chi connectivity index (χ0v) is 18.1. The molecule has 0 spiro atoms. The van der Waals surface area contributed by atoms with Gasteiger partial charge in [-0.1, -0.05) is 18.1 Å². The van der Waals surface area contributed by atoms with Gasteiger partial charge in [0.25, 0.3) is 15.9 Å². The van der Waals surface area contributed by atoms with E-state index in [1.54, 1.807) is 31.3 Å². The SMILES string of the molecule is CCc1nc(CN2C(=O)COc3cc(S(=O)(=O)Nc4ccc(C)cn4)c(C)cc32)no1. The molecule has 162 valence electrons. The van der Waals surface area contributed by atoms with Crippen molar-refractivity contribution in [3.63, 3.8) is 0 Å². The zero-order valence-electron chi connectivity index (χ0n) is 17.2. The maximum absolute atomic E-state index is 12.9. The number of nitrogens with zero attached hydrogens (tertiary/aromatic N) is 4. The average molecular weight is 443 g/mol. The molecule has 0 saturated heterocycles. The normalized spacial score (nSPS) is 13.6. The molecule has 0 radical (unpaired) electrons. The monoisotopic (exact) mass is 443 g/mol. The molecule has 0 atom stereocenters. The van der Waals surface area contributed by atoms with Gasteiger partial charge >= 0.3 is 0 Å². The number of benzene rings is 1. The van der Waals surface area contributed by atoms with Crippen LogP contribution < -0.4 is 14.4 Å². The number of sulfonamides is 1. The lowest BCUT2D eigenvalue weighted by atomic mass is 10.1. The minimum atomic E-state index is -3.92. The van der Waals surface area contributed by atoms with Gasteiger partial charge in [0, 0.05) is 18.7 Å². The summed E-state index contributed by atoms with van der Waals surface area (Å²) < 4.78 is 39.0. The van der Waals surface area contributed by atoms with Gasteiger partial charge in [-0.25, -0.2) is 13.4 Å². The lowest BCUT2D eigenvalue weighted by Crippen LogP contribution is -2.38. The molecule has 11 heteroatoms. The van der Waals surface area contributed by atoms with E-state index >= 15 is 0 Å². The van der Waals surface area contributed by atoms with E-state index in [0.717, 1.165) is 5.56 Å². The fraction of sp³-hybridized carbons (Fsp3) is 0.300. The third-order valence-corrected chi connectivity index (χ3v) is 6.25. The number of carbonyl (C=O) groups excluding carboxylic acids is 1. The number of nitrogens with one attached hydrogen (secondary N) is 1. The summed E-state index contributed by atoms with van der Waals surface area (Å²) in [6.45, 7) is 5.27. The highest BCUT2D eigenvalue weighted by atomic mass is 32.2. The molecule has 0 fully saturated rings. The highest BCUT2D eigenvalue weighted by Crippen LogP contribution is 2.37. The second kappa shape index (κ2) is 7.99. The Kier molecular flexibility index (Phi) is 5.36. The summed E-state index contributed by atoms with van der Waals surface area (Å²) in [7, 11) is -3.92. The van der Waals surface area contributed by atoms with Crippen LogP contribution in [-0.4, -0.2) is 36.1 Å². The van der Waals surface area contributed by atoms with Crippen molar-refractivity contribution in [1.82, 2.24) is 15.1 Å². The predicted octanol–water partition coefficient (Wildman–Crippen LogP) is 2.37. The first-order valence-electron chi connectivity index (χ1n) is 9.61. The summed E-state index contributed by atoms with van der Waals surface area (Å²) in [4.78, 5) is 22.3. The Balaban J connectivity index is 1.66. The van der Waals surface area contributed by atoms with Gasteiger partial charge in [0.1, 0.15) is 11.6 Å². The summed E-state index contributed by atoms with van der Waals surface area (Å²) in [5.74, 6) is 1.04. The Bertz CT molecular complexity index is 1240. The van der Waals surface area contributed by atoms with Crippen LogP contribution >= 0.6 is 0 Å². The lowest BCUT2D eigenvalue weighted by Gasteiger charge is -2.29. The Morgan fingerprint density at radius 3 is 2.71 bits per heavy atom. The summed E-state index contributed by atoms with van der Waals surface area (Å²) in [6.07, 6.45) is 2.16. The van der Waals surface area contributed by atoms with Gasteiger partial charge in [-0.15, -0.1) is 0 Å². The number of anilines is 2. The van der Waals surface area contributed by atoms with E-state index in [1.807, 2.05) is 13.8 Å². The van der Waals surface area contributed by atoms with Crippen molar-refractivity contribution >= 4 is 27.4 Å². The number of aromatic nitrogens is 3. The summed E-state index contributed by atoms with van der Waals surface area (Å²) in [6, 6.07) is 6.37. The van der Waals surface area contributed by atoms with Gasteiger partial charge in [0.15, 0.2) is 12.4 Å². The van der Waals surface area contributed by atoms with Gasteiger partial charge in [-0.05, 0) is 37.1 Å². The van der Waals surface area contributed by atoms with Crippen LogP contribution in [0.5, 0.6) is 5.75 Å². The largest absolute Gasteiger partial charge is 0.482 e. The molecule has 0 unspecified atom stereocenters. The first-order valence-corrected chi connectivity index (χ1v) is 11.1. The molecule has 0 aliphatic carbocycles. The molecule has 3 aromatic rings. The van der Waals surface area contributed by atoms with E-state index in [2.05, 4.69) is 19.8 Å². The summed E-state index contributed by atoms with van der Waals surface area (Å²) in [5, 5.41) is 3.89. The van der Waals surface area contributed by atoms with Crippen LogP contribution in [0.2, 0.25) is 0 Å². The van der Waals surface area contributed by atoms with Crippen LogP contribution in [-0.2, 0) is 27.8 Å². The van der Waals surface area contributed by atoms with E-state index in [9.17, 15) is 13.2 Å². The molecule has 1 amide bonds. The molecule has 1 aliphatic rings. The lowest BCUT2D eigenvalue weighted by molar-refractivity contribution is -0.121. The molecular formula is C20H21N5O5S. The Morgan fingerprint density at radius 1 is 1.23 bits per heavy atom. The van der Waals surface area contributed by atoms with Crippen molar-refractivity contribution in [2.45, 2.75) is 38.6 Å². The van der Waals surface area contributed by atoms with Crippen LogP contribution in [0.1, 0.15) is 29.8 Å². The molecule has 31 heavy (non-hydrogen) atoms. The van der Waals surface area contributed by atoms with Crippen LogP contribution in [0.3, 0.4) is 0 Å². The molecule has 10 nitrogen and oxygen atoms in total. The number of fused-ring (bicyclic) bond motifs is 1. The van der Waals surface area contributed by atoms with Crippen LogP contribution in [0.4, 0.5) is 11.5 Å². The number of hydrogen-bond acceptors (Lipinski definition) is 8. The molecule has 1 N–H and O–H groups in total. The van der Waals surface area contributed by atoms with Crippen molar-refractivity contribution in [2.24, 2.45) is 0 Å². The molecular weight excluding hydrogens is 422 g/mol. The van der Waals surface area contributed by atoms with Gasteiger partial charge in [-0.2, -0.15) is 4.98 Å². The average Bonchev–Trinajstić information content (AvgIpc) is 3.19. The number of ether oxygens (including phenoxy) is 1. The molecule has 1 aromatic carbocycles.